The van der Waals surface area contributed by atoms with Crippen LogP contribution in [0.5, 0.6) is 5.75 Å². The highest BCUT2D eigenvalue weighted by Gasteiger charge is 2.31. The molecule has 3 atom stereocenters. The van der Waals surface area contributed by atoms with Crippen molar-refractivity contribution in [1.82, 2.24) is 15.0 Å². The van der Waals surface area contributed by atoms with Gasteiger partial charge in [0.25, 0.3) is 0 Å². The van der Waals surface area contributed by atoms with E-state index in [0.717, 1.165) is 12.0 Å². The molecule has 172 valence electrons. The molecule has 2 N–H and O–H groups in total. The molecule has 3 heterocycles. The number of hydrogen-bond donors (Lipinski definition) is 2. The van der Waals surface area contributed by atoms with Gasteiger partial charge >= 0.3 is 0 Å². The molecule has 8 heteroatoms. The fourth-order valence-corrected chi connectivity index (χ4v) is 4.83. The number of phenols is 1. The summed E-state index contributed by atoms with van der Waals surface area (Å²) in [5.41, 5.74) is 3.05. The normalized spacial score (nSPS) is 22.8. The number of nitrogens with zero attached hydrogens (tertiary/aromatic N) is 5. The number of anilines is 2. The Kier molecular flexibility index (Phi) is 5.86. The van der Waals surface area contributed by atoms with E-state index in [1.54, 1.807) is 18.2 Å². The predicted molar refractivity (Wildman–Crippen MR) is 126 cm³/mol. The molecule has 2 aliphatic heterocycles. The zero-order chi connectivity index (χ0) is 22.9. The lowest BCUT2D eigenvalue weighted by Crippen LogP contribution is -2.46. The van der Waals surface area contributed by atoms with E-state index in [4.69, 9.17) is 19.7 Å². The van der Waals surface area contributed by atoms with Gasteiger partial charge in [-0.2, -0.15) is 15.0 Å². The molecule has 2 aromatic carbocycles. The quantitative estimate of drug-likeness (QED) is 0.630. The lowest BCUT2D eigenvalue weighted by Gasteiger charge is -2.38. The minimum atomic E-state index is -0.232. The van der Waals surface area contributed by atoms with E-state index < -0.39 is 0 Å². The topological polar surface area (TPSA) is 94.8 Å². The number of phenolic OH excluding ortho intramolecular Hbond substituents is 1. The minimum Gasteiger partial charge on any atom is -0.508 e. The van der Waals surface area contributed by atoms with Crippen LogP contribution in [0.25, 0.3) is 11.4 Å². The molecule has 0 aliphatic carbocycles. The fourth-order valence-electron chi connectivity index (χ4n) is 4.83. The van der Waals surface area contributed by atoms with E-state index in [1.165, 1.54) is 5.56 Å². The van der Waals surface area contributed by atoms with E-state index in [9.17, 15) is 10.2 Å². The molecule has 33 heavy (non-hydrogen) atoms. The number of hydrogen-bond acceptors (Lipinski definition) is 8. The van der Waals surface area contributed by atoms with Crippen molar-refractivity contribution in [2.45, 2.75) is 38.5 Å². The Morgan fingerprint density at radius 3 is 2.48 bits per heavy atom. The molecule has 0 saturated carbocycles. The van der Waals surface area contributed by atoms with Gasteiger partial charge in [0.2, 0.25) is 11.9 Å². The number of ether oxygens (including phenoxy) is 1. The van der Waals surface area contributed by atoms with Crippen LogP contribution in [0.15, 0.2) is 48.5 Å². The highest BCUT2D eigenvalue weighted by molar-refractivity contribution is 5.61. The van der Waals surface area contributed by atoms with Crippen LogP contribution in [0, 0.1) is 0 Å². The van der Waals surface area contributed by atoms with Crippen molar-refractivity contribution < 1.29 is 14.9 Å². The standard InChI is InChI=1S/C25H29N5O3/c1-16-13-29(14-17(2)33-16)24-26-23(19-7-5-8-20(32)12-19)27-25(28-24)30-11-10-18-6-3-4-9-21(18)22(30)15-31/h3-9,12,16-17,22,31-32H,10-11,13-15H2,1-2H3/t16?,17?,22-/m0/s1. The number of benzene rings is 2. The number of rotatable bonds is 4. The lowest BCUT2D eigenvalue weighted by atomic mass is 9.93. The molecule has 2 unspecified atom stereocenters. The maximum atomic E-state index is 10.3. The molecule has 0 amide bonds. The van der Waals surface area contributed by atoms with E-state index in [2.05, 4.69) is 21.9 Å². The second kappa shape index (κ2) is 8.96. The van der Waals surface area contributed by atoms with E-state index in [1.807, 2.05) is 32.0 Å². The minimum absolute atomic E-state index is 0.0366. The molecular formula is C25H29N5O3. The van der Waals surface area contributed by atoms with Gasteiger partial charge in [0.1, 0.15) is 5.75 Å². The summed E-state index contributed by atoms with van der Waals surface area (Å²) in [7, 11) is 0. The number of aromatic nitrogens is 3. The summed E-state index contributed by atoms with van der Waals surface area (Å²) in [6, 6.07) is 14.9. The summed E-state index contributed by atoms with van der Waals surface area (Å²) in [4.78, 5) is 18.6. The van der Waals surface area contributed by atoms with Crippen molar-refractivity contribution in [2.24, 2.45) is 0 Å². The third kappa shape index (κ3) is 4.36. The first kappa shape index (κ1) is 21.6. The number of aromatic hydroxyl groups is 1. The summed E-state index contributed by atoms with van der Waals surface area (Å²) in [6.07, 6.45) is 0.969. The highest BCUT2D eigenvalue weighted by atomic mass is 16.5. The lowest BCUT2D eigenvalue weighted by molar-refractivity contribution is -0.00572. The number of aliphatic hydroxyl groups is 1. The third-order valence-electron chi connectivity index (χ3n) is 6.26. The Hall–Kier alpha value is -3.23. The van der Waals surface area contributed by atoms with Crippen LogP contribution >= 0.6 is 0 Å². The largest absolute Gasteiger partial charge is 0.508 e. The zero-order valence-corrected chi connectivity index (χ0v) is 18.9. The van der Waals surface area contributed by atoms with E-state index in [0.29, 0.717) is 42.9 Å². The molecule has 3 aromatic rings. The summed E-state index contributed by atoms with van der Waals surface area (Å²) < 4.78 is 5.90. The SMILES string of the molecule is CC1CN(c2nc(-c3cccc(O)c3)nc(N3CCc4ccccc4[C@@H]3CO)n2)CC(C)O1. The Bertz CT molecular complexity index is 1130. The fraction of sp³-hybridized carbons (Fsp3) is 0.400. The van der Waals surface area contributed by atoms with Crippen LogP contribution in [0.3, 0.4) is 0 Å². The van der Waals surface area contributed by atoms with Gasteiger partial charge in [0, 0.05) is 25.2 Å². The molecule has 0 radical (unpaired) electrons. The second-order valence-corrected chi connectivity index (χ2v) is 8.81. The van der Waals surface area contributed by atoms with Crippen molar-refractivity contribution in [3.63, 3.8) is 0 Å². The van der Waals surface area contributed by atoms with Crippen LogP contribution < -0.4 is 9.80 Å². The van der Waals surface area contributed by atoms with Gasteiger partial charge in [-0.3, -0.25) is 0 Å². The molecule has 8 nitrogen and oxygen atoms in total. The average molecular weight is 448 g/mol. The van der Waals surface area contributed by atoms with E-state index >= 15 is 0 Å². The van der Waals surface area contributed by atoms with Gasteiger partial charge < -0.3 is 24.7 Å². The van der Waals surface area contributed by atoms with Crippen molar-refractivity contribution >= 4 is 11.9 Å². The van der Waals surface area contributed by atoms with Gasteiger partial charge in [-0.15, -0.1) is 0 Å². The number of morpholine rings is 1. The number of aliphatic hydroxyl groups excluding tert-OH is 1. The molecular weight excluding hydrogens is 418 g/mol. The Morgan fingerprint density at radius 2 is 1.73 bits per heavy atom. The molecule has 5 rings (SSSR count). The molecule has 0 bridgehead atoms. The molecule has 1 fully saturated rings. The maximum absolute atomic E-state index is 10.3. The average Bonchev–Trinajstić information content (AvgIpc) is 2.82. The zero-order valence-electron chi connectivity index (χ0n) is 18.9. The third-order valence-corrected chi connectivity index (χ3v) is 6.26. The van der Waals surface area contributed by atoms with Gasteiger partial charge in [-0.05, 0) is 43.5 Å². The molecule has 0 spiro atoms. The second-order valence-electron chi connectivity index (χ2n) is 8.81. The predicted octanol–water partition coefficient (Wildman–Crippen LogP) is 2.95. The van der Waals surface area contributed by atoms with Gasteiger partial charge in [-0.25, -0.2) is 0 Å². The maximum Gasteiger partial charge on any atom is 0.231 e. The first-order valence-corrected chi connectivity index (χ1v) is 11.4. The first-order chi connectivity index (χ1) is 16.0. The Morgan fingerprint density at radius 1 is 0.970 bits per heavy atom. The first-order valence-electron chi connectivity index (χ1n) is 11.4. The highest BCUT2D eigenvalue weighted by Crippen LogP contribution is 2.34. The Balaban J connectivity index is 1.60. The van der Waals surface area contributed by atoms with Gasteiger partial charge in [0.05, 0.1) is 24.9 Å². The number of fused-ring (bicyclic) bond motifs is 1. The van der Waals surface area contributed by atoms with Crippen molar-refractivity contribution in [3.05, 3.63) is 59.7 Å². The molecule has 1 aromatic heterocycles. The molecule has 1 saturated heterocycles. The van der Waals surface area contributed by atoms with Crippen LogP contribution in [0.1, 0.15) is 31.0 Å². The van der Waals surface area contributed by atoms with Crippen LogP contribution in [0.2, 0.25) is 0 Å². The van der Waals surface area contributed by atoms with Crippen LogP contribution in [-0.2, 0) is 11.2 Å². The summed E-state index contributed by atoms with van der Waals surface area (Å²) in [6.45, 7) is 6.11. The van der Waals surface area contributed by atoms with E-state index in [-0.39, 0.29) is 30.6 Å². The molecule has 2 aliphatic rings. The van der Waals surface area contributed by atoms with Crippen LogP contribution in [-0.4, -0.2) is 63.6 Å². The summed E-state index contributed by atoms with van der Waals surface area (Å²) in [5, 5.41) is 20.3. The monoisotopic (exact) mass is 447 g/mol. The Labute approximate surface area is 193 Å². The van der Waals surface area contributed by atoms with Crippen LogP contribution in [0.4, 0.5) is 11.9 Å². The van der Waals surface area contributed by atoms with Crippen molar-refractivity contribution in [3.8, 4) is 17.1 Å². The van der Waals surface area contributed by atoms with Gasteiger partial charge in [0.15, 0.2) is 5.82 Å². The smallest absolute Gasteiger partial charge is 0.231 e. The van der Waals surface area contributed by atoms with Crippen molar-refractivity contribution in [2.75, 3.05) is 36.0 Å². The van der Waals surface area contributed by atoms with Crippen molar-refractivity contribution in [1.29, 1.82) is 0 Å². The summed E-state index contributed by atoms with van der Waals surface area (Å²) in [5.74, 6) is 1.76. The summed E-state index contributed by atoms with van der Waals surface area (Å²) >= 11 is 0. The van der Waals surface area contributed by atoms with Gasteiger partial charge in [-0.1, -0.05) is 36.4 Å².